The fraction of sp³-hybridized carbons (Fsp3) is 0.250. The average Bonchev–Trinajstić information content (AvgIpc) is 2.06. The smallest absolute Gasteiger partial charge is 0.0490 e. The third kappa shape index (κ3) is 1.40. The van der Waals surface area contributed by atoms with Gasteiger partial charge in [-0.1, -0.05) is 6.07 Å². The zero-order chi connectivity index (χ0) is 7.68. The molecule has 0 radical (unpaired) electrons. The summed E-state index contributed by atoms with van der Waals surface area (Å²) in [5.41, 5.74) is 1.26. The Labute approximate surface area is 78.7 Å². The van der Waals surface area contributed by atoms with Gasteiger partial charge in [-0.15, -0.1) is 11.8 Å². The van der Waals surface area contributed by atoms with Crippen molar-refractivity contribution in [3.05, 3.63) is 22.7 Å². The van der Waals surface area contributed by atoms with Crippen molar-refractivity contribution in [2.45, 2.75) is 4.90 Å². The molecule has 0 spiro atoms. The third-order valence-electron chi connectivity index (χ3n) is 1.63. The first-order valence-corrected chi connectivity index (χ1v) is 5.31. The predicted octanol–water partition coefficient (Wildman–Crippen LogP) is 2.97. The summed E-state index contributed by atoms with van der Waals surface area (Å²) in [7, 11) is 0. The van der Waals surface area contributed by atoms with Gasteiger partial charge in [0, 0.05) is 27.4 Å². The lowest BCUT2D eigenvalue weighted by molar-refractivity contribution is 1.16. The van der Waals surface area contributed by atoms with Gasteiger partial charge in [0.1, 0.15) is 0 Å². The maximum absolute atomic E-state index is 3.52. The zero-order valence-corrected chi connectivity index (χ0v) is 8.33. The molecule has 1 aromatic carbocycles. The van der Waals surface area contributed by atoms with E-state index in [0.717, 1.165) is 12.3 Å². The number of hydrogen-bond donors (Lipinski definition) is 1. The Morgan fingerprint density at radius 3 is 3.18 bits per heavy atom. The minimum absolute atomic E-state index is 1.08. The predicted molar refractivity (Wildman–Crippen MR) is 53.4 cm³/mol. The van der Waals surface area contributed by atoms with Crippen LogP contribution in [0.15, 0.2) is 27.6 Å². The molecule has 1 nitrogen and oxygen atoms in total. The Bertz CT molecular complexity index is 275. The van der Waals surface area contributed by atoms with Gasteiger partial charge < -0.3 is 5.32 Å². The van der Waals surface area contributed by atoms with Crippen molar-refractivity contribution >= 4 is 33.4 Å². The van der Waals surface area contributed by atoms with Gasteiger partial charge in [0.2, 0.25) is 0 Å². The van der Waals surface area contributed by atoms with Crippen LogP contribution in [0.3, 0.4) is 0 Å². The van der Waals surface area contributed by atoms with Crippen molar-refractivity contribution in [3.8, 4) is 0 Å². The quantitative estimate of drug-likeness (QED) is 0.735. The summed E-state index contributed by atoms with van der Waals surface area (Å²) < 4.78 is 1.20. The standard InChI is InChI=1S/C8H8BrNS/c9-6-2-1-3-7-8(6)11-5-4-10-7/h1-3,10H,4-5H2. The van der Waals surface area contributed by atoms with E-state index in [1.807, 2.05) is 11.8 Å². The van der Waals surface area contributed by atoms with Gasteiger partial charge in [-0.25, -0.2) is 0 Å². The number of benzene rings is 1. The monoisotopic (exact) mass is 229 g/mol. The Morgan fingerprint density at radius 2 is 2.36 bits per heavy atom. The van der Waals surface area contributed by atoms with Crippen LogP contribution in [0.4, 0.5) is 5.69 Å². The van der Waals surface area contributed by atoms with E-state index >= 15 is 0 Å². The minimum Gasteiger partial charge on any atom is -0.383 e. The molecule has 11 heavy (non-hydrogen) atoms. The maximum atomic E-state index is 3.52. The van der Waals surface area contributed by atoms with E-state index in [-0.39, 0.29) is 0 Å². The Hall–Kier alpha value is -0.150. The molecule has 0 aromatic heterocycles. The fourth-order valence-electron chi connectivity index (χ4n) is 1.13. The third-order valence-corrected chi connectivity index (χ3v) is 3.69. The molecule has 0 amide bonds. The molecule has 0 aliphatic carbocycles. The highest BCUT2D eigenvalue weighted by atomic mass is 79.9. The van der Waals surface area contributed by atoms with Crippen molar-refractivity contribution in [2.24, 2.45) is 0 Å². The number of anilines is 1. The van der Waals surface area contributed by atoms with Crippen LogP contribution < -0.4 is 5.32 Å². The Balaban J connectivity index is 2.49. The number of halogens is 1. The van der Waals surface area contributed by atoms with E-state index in [1.54, 1.807) is 0 Å². The van der Waals surface area contributed by atoms with E-state index in [2.05, 4.69) is 39.4 Å². The van der Waals surface area contributed by atoms with Gasteiger partial charge in [-0.2, -0.15) is 0 Å². The number of thioether (sulfide) groups is 1. The number of fused-ring (bicyclic) bond motifs is 1. The van der Waals surface area contributed by atoms with E-state index in [1.165, 1.54) is 15.1 Å². The molecule has 2 rings (SSSR count). The molecule has 1 aliphatic rings. The van der Waals surface area contributed by atoms with Crippen LogP contribution in [0.2, 0.25) is 0 Å². The molecule has 3 heteroatoms. The number of rotatable bonds is 0. The number of hydrogen-bond acceptors (Lipinski definition) is 2. The van der Waals surface area contributed by atoms with E-state index < -0.39 is 0 Å². The van der Waals surface area contributed by atoms with Crippen molar-refractivity contribution in [3.63, 3.8) is 0 Å². The lowest BCUT2D eigenvalue weighted by Gasteiger charge is -2.17. The van der Waals surface area contributed by atoms with Gasteiger partial charge >= 0.3 is 0 Å². The molecule has 0 fully saturated rings. The molecule has 1 aromatic rings. The molecule has 0 bridgehead atoms. The summed E-state index contributed by atoms with van der Waals surface area (Å²) in [5, 5.41) is 3.35. The average molecular weight is 230 g/mol. The second kappa shape index (κ2) is 3.07. The molecule has 0 saturated carbocycles. The summed E-state index contributed by atoms with van der Waals surface area (Å²) in [6.45, 7) is 1.08. The van der Waals surface area contributed by atoms with Crippen LogP contribution >= 0.6 is 27.7 Å². The largest absolute Gasteiger partial charge is 0.383 e. The summed E-state index contributed by atoms with van der Waals surface area (Å²) in [6, 6.07) is 6.26. The van der Waals surface area contributed by atoms with E-state index in [4.69, 9.17) is 0 Å². The second-order valence-corrected chi connectivity index (χ2v) is 4.35. The van der Waals surface area contributed by atoms with Crippen LogP contribution in [0.5, 0.6) is 0 Å². The zero-order valence-electron chi connectivity index (χ0n) is 5.93. The summed E-state index contributed by atoms with van der Waals surface area (Å²) in [5.74, 6) is 1.16. The highest BCUT2D eigenvalue weighted by molar-refractivity contribution is 9.10. The van der Waals surface area contributed by atoms with Gasteiger partial charge in [0.25, 0.3) is 0 Å². The summed E-state index contributed by atoms with van der Waals surface area (Å²) in [6.07, 6.45) is 0. The molecule has 0 saturated heterocycles. The second-order valence-electron chi connectivity index (χ2n) is 2.39. The Kier molecular flexibility index (Phi) is 2.09. The van der Waals surface area contributed by atoms with Crippen molar-refractivity contribution in [1.82, 2.24) is 0 Å². The highest BCUT2D eigenvalue weighted by Crippen LogP contribution is 2.36. The van der Waals surface area contributed by atoms with Gasteiger partial charge in [-0.05, 0) is 28.1 Å². The van der Waals surface area contributed by atoms with Gasteiger partial charge in [-0.3, -0.25) is 0 Å². The topological polar surface area (TPSA) is 12.0 Å². The highest BCUT2D eigenvalue weighted by Gasteiger charge is 2.10. The normalized spacial score (nSPS) is 15.4. The fourth-order valence-corrected chi connectivity index (χ4v) is 2.75. The SMILES string of the molecule is Brc1cccc2c1SCCN2. The summed E-state index contributed by atoms with van der Waals surface area (Å²) in [4.78, 5) is 1.35. The first-order chi connectivity index (χ1) is 5.38. The minimum atomic E-state index is 1.08. The molecular weight excluding hydrogens is 222 g/mol. The van der Waals surface area contributed by atoms with E-state index in [9.17, 15) is 0 Å². The Morgan fingerprint density at radius 1 is 1.45 bits per heavy atom. The molecule has 1 N–H and O–H groups in total. The van der Waals surface area contributed by atoms with Crippen LogP contribution in [0.25, 0.3) is 0 Å². The van der Waals surface area contributed by atoms with Crippen molar-refractivity contribution in [1.29, 1.82) is 0 Å². The first-order valence-electron chi connectivity index (χ1n) is 3.53. The molecule has 58 valence electrons. The first kappa shape index (κ1) is 7.50. The van der Waals surface area contributed by atoms with Crippen molar-refractivity contribution < 1.29 is 0 Å². The van der Waals surface area contributed by atoms with Crippen LogP contribution in [-0.2, 0) is 0 Å². The molecule has 1 heterocycles. The van der Waals surface area contributed by atoms with Crippen LogP contribution in [0.1, 0.15) is 0 Å². The van der Waals surface area contributed by atoms with Gasteiger partial charge in [0.05, 0.1) is 0 Å². The van der Waals surface area contributed by atoms with Gasteiger partial charge in [0.15, 0.2) is 0 Å². The molecule has 1 aliphatic heterocycles. The number of nitrogens with one attached hydrogen (secondary N) is 1. The van der Waals surface area contributed by atoms with Crippen LogP contribution in [0, 0.1) is 0 Å². The molecular formula is C8H8BrNS. The van der Waals surface area contributed by atoms with Crippen LogP contribution in [-0.4, -0.2) is 12.3 Å². The maximum Gasteiger partial charge on any atom is 0.0490 e. The van der Waals surface area contributed by atoms with E-state index in [0.29, 0.717) is 0 Å². The molecule has 0 unspecified atom stereocenters. The van der Waals surface area contributed by atoms with Crippen molar-refractivity contribution in [2.75, 3.05) is 17.6 Å². The molecule has 0 atom stereocenters. The lowest BCUT2D eigenvalue weighted by Crippen LogP contribution is -2.09. The summed E-state index contributed by atoms with van der Waals surface area (Å²) >= 11 is 5.43. The lowest BCUT2D eigenvalue weighted by atomic mass is 10.3.